The molecule has 1 aliphatic carbocycles. The summed E-state index contributed by atoms with van der Waals surface area (Å²) in [6.45, 7) is 0. The fourth-order valence-corrected chi connectivity index (χ4v) is 1.70. The second-order valence-electron chi connectivity index (χ2n) is 4.27. The van der Waals surface area contributed by atoms with Gasteiger partial charge in [0.15, 0.2) is 5.69 Å². The quantitative estimate of drug-likeness (QED) is 0.918. The van der Waals surface area contributed by atoms with Crippen molar-refractivity contribution in [1.82, 2.24) is 20.3 Å². The molecule has 1 fully saturated rings. The third kappa shape index (κ3) is 2.36. The van der Waals surface area contributed by atoms with Gasteiger partial charge < -0.3 is 5.32 Å². The number of nitrogens with one attached hydrogen (secondary N) is 1. The van der Waals surface area contributed by atoms with Gasteiger partial charge in [-0.2, -0.15) is 0 Å². The fraction of sp³-hybridized carbons (Fsp3) is 0.250. The van der Waals surface area contributed by atoms with Crippen LogP contribution in [0.3, 0.4) is 0 Å². The van der Waals surface area contributed by atoms with Crippen molar-refractivity contribution < 1.29 is 4.79 Å². The predicted octanol–water partition coefficient (Wildman–Crippen LogP) is 1.81. The van der Waals surface area contributed by atoms with Gasteiger partial charge in [-0.05, 0) is 37.1 Å². The molecule has 0 spiro atoms. The smallest absolute Gasteiger partial charge is 0.273 e. The molecule has 3 rings (SSSR count). The highest BCUT2D eigenvalue weighted by Crippen LogP contribution is 2.19. The summed E-state index contributed by atoms with van der Waals surface area (Å²) >= 11 is 5.81. The number of carbonyl (C=O) groups is 1. The standard InChI is InChI=1S/C12H11ClN4O/c13-8-1-5-10(6-2-8)17-7-11(15-16-17)12(18)14-9-3-4-9/h1-2,5-7,9H,3-4H2,(H,14,18). The molecule has 18 heavy (non-hydrogen) atoms. The SMILES string of the molecule is O=C(NC1CC1)c1cn(-c2ccc(Cl)cc2)nn1. The number of nitrogens with zero attached hydrogens (tertiary/aromatic N) is 3. The molecule has 1 heterocycles. The van der Waals surface area contributed by atoms with Crippen LogP contribution in [0.1, 0.15) is 23.3 Å². The molecule has 0 saturated heterocycles. The number of halogens is 1. The Morgan fingerprint density at radius 3 is 2.72 bits per heavy atom. The average Bonchev–Trinajstić information content (AvgIpc) is 3.04. The lowest BCUT2D eigenvalue weighted by Gasteiger charge is -1.99. The van der Waals surface area contributed by atoms with Crippen LogP contribution in [-0.4, -0.2) is 26.9 Å². The van der Waals surface area contributed by atoms with E-state index in [9.17, 15) is 4.79 Å². The molecule has 1 aromatic carbocycles. The van der Waals surface area contributed by atoms with E-state index in [4.69, 9.17) is 11.6 Å². The Bertz CT molecular complexity index is 574. The lowest BCUT2D eigenvalue weighted by molar-refractivity contribution is 0.0946. The van der Waals surface area contributed by atoms with Crippen LogP contribution >= 0.6 is 11.6 Å². The molecule has 0 aliphatic heterocycles. The summed E-state index contributed by atoms with van der Waals surface area (Å²) in [5, 5.41) is 11.3. The van der Waals surface area contributed by atoms with E-state index >= 15 is 0 Å². The van der Waals surface area contributed by atoms with Crippen molar-refractivity contribution in [3.05, 3.63) is 41.2 Å². The molecule has 0 unspecified atom stereocenters. The minimum atomic E-state index is -0.169. The number of carbonyl (C=O) groups excluding carboxylic acids is 1. The molecule has 0 radical (unpaired) electrons. The number of amides is 1. The van der Waals surface area contributed by atoms with Gasteiger partial charge in [-0.1, -0.05) is 16.8 Å². The molecular formula is C12H11ClN4O. The predicted molar refractivity (Wildman–Crippen MR) is 66.9 cm³/mol. The van der Waals surface area contributed by atoms with Crippen LogP contribution in [0.15, 0.2) is 30.5 Å². The number of hydrogen-bond donors (Lipinski definition) is 1. The van der Waals surface area contributed by atoms with E-state index in [-0.39, 0.29) is 5.91 Å². The lowest BCUT2D eigenvalue weighted by Crippen LogP contribution is -2.25. The minimum absolute atomic E-state index is 0.169. The van der Waals surface area contributed by atoms with Crippen LogP contribution in [-0.2, 0) is 0 Å². The normalized spacial score (nSPS) is 14.5. The third-order valence-electron chi connectivity index (χ3n) is 2.73. The van der Waals surface area contributed by atoms with Gasteiger partial charge in [-0.15, -0.1) is 5.10 Å². The summed E-state index contributed by atoms with van der Waals surface area (Å²) in [4.78, 5) is 11.7. The number of hydrogen-bond acceptors (Lipinski definition) is 3. The zero-order valence-corrected chi connectivity index (χ0v) is 10.3. The van der Waals surface area contributed by atoms with E-state index in [0.29, 0.717) is 16.8 Å². The van der Waals surface area contributed by atoms with Crippen molar-refractivity contribution in [3.63, 3.8) is 0 Å². The summed E-state index contributed by atoms with van der Waals surface area (Å²) in [5.41, 5.74) is 1.15. The van der Waals surface area contributed by atoms with E-state index in [1.54, 1.807) is 23.0 Å². The summed E-state index contributed by atoms with van der Waals surface area (Å²) < 4.78 is 1.55. The molecule has 0 atom stereocenters. The molecule has 1 aromatic heterocycles. The Morgan fingerprint density at radius 2 is 2.06 bits per heavy atom. The molecule has 6 heteroatoms. The van der Waals surface area contributed by atoms with Gasteiger partial charge in [0.25, 0.3) is 5.91 Å². The number of benzene rings is 1. The first-order valence-electron chi connectivity index (χ1n) is 5.71. The largest absolute Gasteiger partial charge is 0.348 e. The van der Waals surface area contributed by atoms with Crippen molar-refractivity contribution >= 4 is 17.5 Å². The molecule has 1 aliphatic rings. The number of aromatic nitrogens is 3. The van der Waals surface area contributed by atoms with Gasteiger partial charge in [0, 0.05) is 11.1 Å². The second kappa shape index (κ2) is 4.42. The molecule has 0 bridgehead atoms. The maximum Gasteiger partial charge on any atom is 0.273 e. The summed E-state index contributed by atoms with van der Waals surface area (Å²) in [6, 6.07) is 7.49. The highest BCUT2D eigenvalue weighted by molar-refractivity contribution is 6.30. The molecule has 5 nitrogen and oxygen atoms in total. The summed E-state index contributed by atoms with van der Waals surface area (Å²) in [7, 11) is 0. The van der Waals surface area contributed by atoms with Crippen LogP contribution < -0.4 is 5.32 Å². The first-order valence-corrected chi connectivity index (χ1v) is 6.09. The maximum atomic E-state index is 11.7. The van der Waals surface area contributed by atoms with Crippen molar-refractivity contribution in [2.45, 2.75) is 18.9 Å². The molecule has 2 aromatic rings. The zero-order valence-electron chi connectivity index (χ0n) is 9.51. The van der Waals surface area contributed by atoms with E-state index in [1.807, 2.05) is 12.1 Å². The Kier molecular flexibility index (Phi) is 2.76. The molecule has 1 saturated carbocycles. The fourth-order valence-electron chi connectivity index (χ4n) is 1.57. The summed E-state index contributed by atoms with van der Waals surface area (Å²) in [5.74, 6) is -0.169. The lowest BCUT2D eigenvalue weighted by atomic mass is 10.3. The van der Waals surface area contributed by atoms with Crippen molar-refractivity contribution in [2.75, 3.05) is 0 Å². The Hall–Kier alpha value is -1.88. The molecule has 1 amide bonds. The van der Waals surface area contributed by atoms with E-state index in [0.717, 1.165) is 18.5 Å². The van der Waals surface area contributed by atoms with E-state index < -0.39 is 0 Å². The van der Waals surface area contributed by atoms with Gasteiger partial charge in [0.05, 0.1) is 11.9 Å². The summed E-state index contributed by atoms with van der Waals surface area (Å²) in [6.07, 6.45) is 3.72. The van der Waals surface area contributed by atoms with Gasteiger partial charge in [-0.25, -0.2) is 4.68 Å². The van der Waals surface area contributed by atoms with E-state index in [1.165, 1.54) is 0 Å². The highest BCUT2D eigenvalue weighted by Gasteiger charge is 2.25. The van der Waals surface area contributed by atoms with Crippen molar-refractivity contribution in [3.8, 4) is 5.69 Å². The third-order valence-corrected chi connectivity index (χ3v) is 2.98. The first kappa shape index (κ1) is 11.2. The molecular weight excluding hydrogens is 252 g/mol. The minimum Gasteiger partial charge on any atom is -0.348 e. The second-order valence-corrected chi connectivity index (χ2v) is 4.71. The molecule has 1 N–H and O–H groups in total. The Balaban J connectivity index is 1.79. The maximum absolute atomic E-state index is 11.7. The van der Waals surface area contributed by atoms with Crippen molar-refractivity contribution in [2.24, 2.45) is 0 Å². The van der Waals surface area contributed by atoms with Gasteiger partial charge >= 0.3 is 0 Å². The van der Waals surface area contributed by atoms with Gasteiger partial charge in [0.2, 0.25) is 0 Å². The van der Waals surface area contributed by atoms with Gasteiger partial charge in [0.1, 0.15) is 0 Å². The Morgan fingerprint density at radius 1 is 1.33 bits per heavy atom. The van der Waals surface area contributed by atoms with Crippen LogP contribution in [0.4, 0.5) is 0 Å². The van der Waals surface area contributed by atoms with E-state index in [2.05, 4.69) is 15.6 Å². The van der Waals surface area contributed by atoms with Crippen molar-refractivity contribution in [1.29, 1.82) is 0 Å². The first-order chi connectivity index (χ1) is 8.72. The zero-order chi connectivity index (χ0) is 12.5. The average molecular weight is 263 g/mol. The van der Waals surface area contributed by atoms with Crippen LogP contribution in [0.25, 0.3) is 5.69 Å². The Labute approximate surface area is 109 Å². The van der Waals surface area contributed by atoms with Crippen LogP contribution in [0.2, 0.25) is 5.02 Å². The topological polar surface area (TPSA) is 59.8 Å². The van der Waals surface area contributed by atoms with Crippen LogP contribution in [0.5, 0.6) is 0 Å². The highest BCUT2D eigenvalue weighted by atomic mass is 35.5. The van der Waals surface area contributed by atoms with Crippen LogP contribution in [0, 0.1) is 0 Å². The monoisotopic (exact) mass is 262 g/mol. The number of rotatable bonds is 3. The van der Waals surface area contributed by atoms with Gasteiger partial charge in [-0.3, -0.25) is 4.79 Å². The molecule has 92 valence electrons.